The van der Waals surface area contributed by atoms with Crippen LogP contribution in [0.25, 0.3) is 11.0 Å². The van der Waals surface area contributed by atoms with Gasteiger partial charge in [-0.1, -0.05) is 48.0 Å². The van der Waals surface area contributed by atoms with Gasteiger partial charge in [-0.2, -0.15) is 0 Å². The lowest BCUT2D eigenvalue weighted by molar-refractivity contribution is 0.0746. The van der Waals surface area contributed by atoms with Crippen LogP contribution in [0.3, 0.4) is 0 Å². The van der Waals surface area contributed by atoms with E-state index in [1.165, 1.54) is 16.8 Å². The van der Waals surface area contributed by atoms with Crippen LogP contribution in [0.4, 0.5) is 5.69 Å². The van der Waals surface area contributed by atoms with Crippen molar-refractivity contribution in [2.75, 3.05) is 31.1 Å². The highest BCUT2D eigenvalue weighted by Gasteiger charge is 2.23. The van der Waals surface area contributed by atoms with E-state index in [4.69, 9.17) is 11.6 Å². The third-order valence-corrected chi connectivity index (χ3v) is 6.24. The van der Waals surface area contributed by atoms with Gasteiger partial charge in [0.1, 0.15) is 5.65 Å². The molecule has 34 heavy (non-hydrogen) atoms. The van der Waals surface area contributed by atoms with Crippen LogP contribution >= 0.6 is 11.6 Å². The lowest BCUT2D eigenvalue weighted by atomic mass is 10.1. The maximum Gasteiger partial charge on any atom is 0.330 e. The van der Waals surface area contributed by atoms with Gasteiger partial charge in [-0.3, -0.25) is 19.1 Å². The number of pyridine rings is 1. The number of rotatable bonds is 4. The number of carbonyl (C=O) groups excluding carboxylic acids is 1. The smallest absolute Gasteiger partial charge is 0.330 e. The number of anilines is 1. The number of nitrogens with one attached hydrogen (secondary N) is 1. The Morgan fingerprint density at radius 2 is 1.74 bits per heavy atom. The number of aromatic amines is 1. The van der Waals surface area contributed by atoms with Gasteiger partial charge in [-0.25, -0.2) is 9.78 Å². The summed E-state index contributed by atoms with van der Waals surface area (Å²) in [5, 5.41) is 0.883. The molecule has 1 saturated heterocycles. The van der Waals surface area contributed by atoms with Gasteiger partial charge < -0.3 is 9.80 Å². The number of fused-ring (bicyclic) bond motifs is 1. The summed E-state index contributed by atoms with van der Waals surface area (Å²) in [5.74, 6) is -0.194. The molecule has 9 heteroatoms. The van der Waals surface area contributed by atoms with Crippen LogP contribution < -0.4 is 16.1 Å². The van der Waals surface area contributed by atoms with E-state index >= 15 is 0 Å². The van der Waals surface area contributed by atoms with E-state index in [-0.39, 0.29) is 23.5 Å². The molecular formula is C25H22ClN5O3. The lowest BCUT2D eigenvalue weighted by Gasteiger charge is -2.36. The topological polar surface area (TPSA) is 91.3 Å². The quantitative estimate of drug-likeness (QED) is 0.490. The Bertz CT molecular complexity index is 1470. The van der Waals surface area contributed by atoms with E-state index in [1.54, 1.807) is 4.90 Å². The molecule has 0 aliphatic carbocycles. The Hall–Kier alpha value is -3.91. The van der Waals surface area contributed by atoms with Crippen LogP contribution in [0.5, 0.6) is 0 Å². The molecule has 2 aromatic carbocycles. The van der Waals surface area contributed by atoms with E-state index < -0.39 is 11.2 Å². The molecule has 0 spiro atoms. The number of amides is 1. The Morgan fingerprint density at radius 1 is 0.971 bits per heavy atom. The first kappa shape index (κ1) is 21.9. The number of aromatic nitrogens is 3. The Labute approximate surface area is 200 Å². The molecule has 0 saturated carbocycles. The van der Waals surface area contributed by atoms with Gasteiger partial charge in [0.15, 0.2) is 0 Å². The molecule has 0 unspecified atom stereocenters. The van der Waals surface area contributed by atoms with Crippen molar-refractivity contribution in [3.05, 3.63) is 104 Å². The summed E-state index contributed by atoms with van der Waals surface area (Å²) < 4.78 is 1.41. The second-order valence-corrected chi connectivity index (χ2v) is 8.62. The Kier molecular flexibility index (Phi) is 5.90. The van der Waals surface area contributed by atoms with E-state index in [2.05, 4.69) is 14.9 Å². The normalized spacial score (nSPS) is 13.9. The van der Waals surface area contributed by atoms with Crippen LogP contribution in [0.2, 0.25) is 5.02 Å². The summed E-state index contributed by atoms with van der Waals surface area (Å²) in [7, 11) is 0. The standard InChI is InChI=1S/C25H22ClN5O3/c26-19-7-4-8-20(14-19)29-9-11-30(12-10-29)24(33)18-13-21-22(27-15-18)31(25(34)28-23(21)32)16-17-5-2-1-3-6-17/h1-8,13-15H,9-12,16H2,(H,28,32,34). The molecule has 1 aliphatic rings. The van der Waals surface area contributed by atoms with Gasteiger partial charge in [0.05, 0.1) is 17.5 Å². The Balaban J connectivity index is 1.38. The number of nitrogens with zero attached hydrogens (tertiary/aromatic N) is 4. The fourth-order valence-corrected chi connectivity index (χ4v) is 4.41. The van der Waals surface area contributed by atoms with Crippen molar-refractivity contribution >= 4 is 34.2 Å². The summed E-state index contributed by atoms with van der Waals surface area (Å²) in [6.45, 7) is 2.67. The molecule has 172 valence electrons. The Morgan fingerprint density at radius 3 is 2.47 bits per heavy atom. The molecule has 0 atom stereocenters. The van der Waals surface area contributed by atoms with Gasteiger partial charge in [0.2, 0.25) is 0 Å². The van der Waals surface area contributed by atoms with Crippen molar-refractivity contribution in [2.24, 2.45) is 0 Å². The summed E-state index contributed by atoms with van der Waals surface area (Å²) in [6.07, 6.45) is 1.44. The number of hydrogen-bond donors (Lipinski definition) is 1. The van der Waals surface area contributed by atoms with Crippen molar-refractivity contribution in [3.63, 3.8) is 0 Å². The molecule has 1 N–H and O–H groups in total. The minimum absolute atomic E-state index is 0.194. The average Bonchev–Trinajstić information content (AvgIpc) is 2.86. The van der Waals surface area contributed by atoms with Crippen molar-refractivity contribution < 1.29 is 4.79 Å². The SMILES string of the molecule is O=C(c1cnc2c(c1)c(=O)[nH]c(=O)n2Cc1ccccc1)N1CCN(c2cccc(Cl)c2)CC1. The van der Waals surface area contributed by atoms with Crippen molar-refractivity contribution in [2.45, 2.75) is 6.54 Å². The maximum absolute atomic E-state index is 13.2. The number of piperazine rings is 1. The highest BCUT2D eigenvalue weighted by atomic mass is 35.5. The molecule has 1 fully saturated rings. The van der Waals surface area contributed by atoms with E-state index in [9.17, 15) is 14.4 Å². The molecule has 8 nitrogen and oxygen atoms in total. The lowest BCUT2D eigenvalue weighted by Crippen LogP contribution is -2.48. The zero-order valence-electron chi connectivity index (χ0n) is 18.3. The number of H-pyrrole nitrogens is 1. The second-order valence-electron chi connectivity index (χ2n) is 8.19. The first-order valence-corrected chi connectivity index (χ1v) is 11.3. The molecule has 0 radical (unpaired) electrons. The first-order chi connectivity index (χ1) is 16.5. The van der Waals surface area contributed by atoms with E-state index in [0.717, 1.165) is 11.3 Å². The van der Waals surface area contributed by atoms with Crippen molar-refractivity contribution in [3.8, 4) is 0 Å². The van der Waals surface area contributed by atoms with Crippen molar-refractivity contribution in [1.82, 2.24) is 19.4 Å². The van der Waals surface area contributed by atoms with E-state index in [0.29, 0.717) is 36.8 Å². The molecular weight excluding hydrogens is 454 g/mol. The second kappa shape index (κ2) is 9.15. The van der Waals surface area contributed by atoms with Gasteiger partial charge in [-0.15, -0.1) is 0 Å². The minimum Gasteiger partial charge on any atom is -0.368 e. The third kappa shape index (κ3) is 4.32. The minimum atomic E-state index is -0.558. The fourth-order valence-electron chi connectivity index (χ4n) is 4.22. The van der Waals surface area contributed by atoms with Crippen molar-refractivity contribution in [1.29, 1.82) is 0 Å². The highest BCUT2D eigenvalue weighted by molar-refractivity contribution is 6.30. The summed E-state index contributed by atoms with van der Waals surface area (Å²) in [6, 6.07) is 18.6. The van der Waals surface area contributed by atoms with Gasteiger partial charge in [0, 0.05) is 43.1 Å². The predicted molar refractivity (Wildman–Crippen MR) is 132 cm³/mol. The number of hydrogen-bond acceptors (Lipinski definition) is 5. The van der Waals surface area contributed by atoms with Crippen LogP contribution in [0, 0.1) is 0 Å². The summed E-state index contributed by atoms with van der Waals surface area (Å²) in [5.41, 5.74) is 1.40. The fraction of sp³-hybridized carbons (Fsp3) is 0.200. The zero-order chi connectivity index (χ0) is 23.7. The van der Waals surface area contributed by atoms with Crippen LogP contribution in [0.15, 0.2) is 76.4 Å². The summed E-state index contributed by atoms with van der Waals surface area (Å²) in [4.78, 5) is 48.8. The van der Waals surface area contributed by atoms with Crippen LogP contribution in [-0.4, -0.2) is 51.5 Å². The third-order valence-electron chi connectivity index (χ3n) is 6.00. The van der Waals surface area contributed by atoms with Gasteiger partial charge in [0.25, 0.3) is 11.5 Å². The molecule has 4 aromatic rings. The molecule has 1 amide bonds. The monoisotopic (exact) mass is 475 g/mol. The molecule has 0 bridgehead atoms. The highest BCUT2D eigenvalue weighted by Crippen LogP contribution is 2.21. The zero-order valence-corrected chi connectivity index (χ0v) is 19.0. The average molecular weight is 476 g/mol. The molecule has 5 rings (SSSR count). The first-order valence-electron chi connectivity index (χ1n) is 11.0. The molecule has 1 aliphatic heterocycles. The van der Waals surface area contributed by atoms with Gasteiger partial charge >= 0.3 is 5.69 Å². The predicted octanol–water partition coefficient (Wildman–Crippen LogP) is 2.75. The molecule has 2 aromatic heterocycles. The number of halogens is 1. The number of carbonyl (C=O) groups is 1. The van der Waals surface area contributed by atoms with Crippen LogP contribution in [-0.2, 0) is 6.54 Å². The van der Waals surface area contributed by atoms with Gasteiger partial charge in [-0.05, 0) is 29.8 Å². The van der Waals surface area contributed by atoms with E-state index in [1.807, 2.05) is 54.6 Å². The van der Waals surface area contributed by atoms with Crippen LogP contribution in [0.1, 0.15) is 15.9 Å². The largest absolute Gasteiger partial charge is 0.368 e. The summed E-state index contributed by atoms with van der Waals surface area (Å²) >= 11 is 6.10. The molecule has 3 heterocycles. The number of benzene rings is 2. The maximum atomic E-state index is 13.2.